The first-order valence-corrected chi connectivity index (χ1v) is 12.5. The first kappa shape index (κ1) is 27.1. The van der Waals surface area contributed by atoms with Gasteiger partial charge in [-0.05, 0) is 37.1 Å². The maximum absolute atomic E-state index is 12.8. The van der Waals surface area contributed by atoms with Crippen molar-refractivity contribution in [3.8, 4) is 11.3 Å². The van der Waals surface area contributed by atoms with Crippen LogP contribution in [0.2, 0.25) is 0 Å². The van der Waals surface area contributed by atoms with Crippen LogP contribution >= 0.6 is 0 Å². The van der Waals surface area contributed by atoms with Crippen molar-refractivity contribution in [3.05, 3.63) is 107 Å². The Morgan fingerprint density at radius 1 is 0.949 bits per heavy atom. The van der Waals surface area contributed by atoms with Crippen molar-refractivity contribution < 1.29 is 24.2 Å². The summed E-state index contributed by atoms with van der Waals surface area (Å²) >= 11 is 0. The van der Waals surface area contributed by atoms with Gasteiger partial charge in [-0.2, -0.15) is 5.10 Å². The average Bonchev–Trinajstić information content (AvgIpc) is 3.21. The number of hydrogen-bond acceptors (Lipinski definition) is 5. The molecule has 3 aromatic carbocycles. The normalized spacial score (nSPS) is 12.3. The molecule has 0 fully saturated rings. The van der Waals surface area contributed by atoms with Crippen LogP contribution in [0, 0.1) is 6.92 Å². The Labute approximate surface area is 226 Å². The average molecular weight is 527 g/mol. The van der Waals surface area contributed by atoms with Crippen molar-refractivity contribution in [2.24, 2.45) is 7.05 Å². The zero-order valence-corrected chi connectivity index (χ0v) is 21.9. The molecule has 0 saturated carbocycles. The van der Waals surface area contributed by atoms with Crippen LogP contribution < -0.4 is 10.6 Å². The minimum atomic E-state index is -1.11. The molecule has 2 amide bonds. The third-order valence-corrected chi connectivity index (χ3v) is 6.31. The number of aromatic nitrogens is 2. The highest BCUT2D eigenvalue weighted by Gasteiger charge is 2.23. The predicted octanol–water partition coefficient (Wildman–Crippen LogP) is 5.13. The van der Waals surface area contributed by atoms with Gasteiger partial charge in [-0.25, -0.2) is 9.59 Å². The van der Waals surface area contributed by atoms with Crippen LogP contribution in [0.1, 0.15) is 40.2 Å². The Balaban J connectivity index is 1.47. The molecule has 1 heterocycles. The molecular formula is C30H30N4O5. The molecule has 0 aliphatic rings. The van der Waals surface area contributed by atoms with Crippen molar-refractivity contribution in [1.29, 1.82) is 0 Å². The number of hydrogen-bond donors (Lipinski definition) is 3. The fraction of sp³-hybridized carbons (Fsp3) is 0.200. The number of carbonyl (C=O) groups excluding carboxylic acids is 2. The molecule has 4 aromatic rings. The van der Waals surface area contributed by atoms with Gasteiger partial charge in [-0.1, -0.05) is 72.8 Å². The second-order valence-corrected chi connectivity index (χ2v) is 9.15. The third-order valence-electron chi connectivity index (χ3n) is 6.31. The van der Waals surface area contributed by atoms with Crippen LogP contribution in [0.5, 0.6) is 0 Å². The molecular weight excluding hydrogens is 496 g/mol. The van der Waals surface area contributed by atoms with Gasteiger partial charge in [0.25, 0.3) is 5.91 Å². The standard InChI is InChI=1S/C30H30N4O5/c1-19-26(32-30(38)39-20(2)22-12-8-5-9-13-22)27(34(3)33-19)23-14-16-24(17-15-23)28(35)31-25(29(36)37)18-21-10-6-4-7-11-21/h4-17,20,25H,18H2,1-3H3,(H,31,35)(H,32,38)(H,36,37)/t20-,25?/m1/s1. The number of anilines is 1. The van der Waals surface area contributed by atoms with E-state index in [1.807, 2.05) is 60.7 Å². The Kier molecular flexibility index (Phi) is 8.40. The lowest BCUT2D eigenvalue weighted by Gasteiger charge is -2.16. The van der Waals surface area contributed by atoms with E-state index in [4.69, 9.17) is 4.74 Å². The molecule has 2 atom stereocenters. The van der Waals surface area contributed by atoms with Gasteiger partial charge in [0.2, 0.25) is 0 Å². The SMILES string of the molecule is Cc1nn(C)c(-c2ccc(C(=O)NC(Cc3ccccc3)C(=O)O)cc2)c1NC(=O)O[C@H](C)c1ccccc1. The molecule has 39 heavy (non-hydrogen) atoms. The monoisotopic (exact) mass is 526 g/mol. The number of carboxylic acid groups (broad SMARTS) is 1. The summed E-state index contributed by atoms with van der Waals surface area (Å²) in [6.07, 6.45) is -0.888. The molecule has 0 saturated heterocycles. The van der Waals surface area contributed by atoms with Crippen molar-refractivity contribution in [3.63, 3.8) is 0 Å². The minimum absolute atomic E-state index is 0.169. The first-order valence-electron chi connectivity index (χ1n) is 12.5. The van der Waals surface area contributed by atoms with Crippen LogP contribution in [-0.2, 0) is 23.0 Å². The van der Waals surface area contributed by atoms with E-state index in [1.54, 1.807) is 49.8 Å². The van der Waals surface area contributed by atoms with Crippen LogP contribution in [0.25, 0.3) is 11.3 Å². The van der Waals surface area contributed by atoms with Gasteiger partial charge in [0.15, 0.2) is 0 Å². The molecule has 1 unspecified atom stereocenters. The van der Waals surface area contributed by atoms with Crippen LogP contribution in [-0.4, -0.2) is 38.9 Å². The molecule has 1 aromatic heterocycles. The largest absolute Gasteiger partial charge is 0.480 e. The lowest BCUT2D eigenvalue weighted by atomic mass is 10.0. The quantitative estimate of drug-likeness (QED) is 0.278. The summed E-state index contributed by atoms with van der Waals surface area (Å²) < 4.78 is 7.20. The van der Waals surface area contributed by atoms with Gasteiger partial charge >= 0.3 is 12.1 Å². The topological polar surface area (TPSA) is 123 Å². The van der Waals surface area contributed by atoms with E-state index in [-0.39, 0.29) is 6.42 Å². The summed E-state index contributed by atoms with van der Waals surface area (Å²) in [7, 11) is 1.76. The van der Waals surface area contributed by atoms with E-state index >= 15 is 0 Å². The number of nitrogens with one attached hydrogen (secondary N) is 2. The Hall–Kier alpha value is -4.92. The van der Waals surface area contributed by atoms with E-state index < -0.39 is 30.1 Å². The summed E-state index contributed by atoms with van der Waals surface area (Å²) in [6.45, 7) is 3.57. The predicted molar refractivity (Wildman–Crippen MR) is 147 cm³/mol. The number of rotatable bonds is 9. The fourth-order valence-electron chi connectivity index (χ4n) is 4.29. The smallest absolute Gasteiger partial charge is 0.412 e. The van der Waals surface area contributed by atoms with Crippen molar-refractivity contribution in [1.82, 2.24) is 15.1 Å². The molecule has 0 aliphatic heterocycles. The minimum Gasteiger partial charge on any atom is -0.480 e. The fourth-order valence-corrected chi connectivity index (χ4v) is 4.29. The third kappa shape index (κ3) is 6.70. The van der Waals surface area contributed by atoms with Gasteiger partial charge < -0.3 is 15.2 Å². The summed E-state index contributed by atoms with van der Waals surface area (Å²) in [5.41, 5.74) is 4.43. The molecule has 4 rings (SSSR count). The Morgan fingerprint density at radius 3 is 2.18 bits per heavy atom. The van der Waals surface area contributed by atoms with Gasteiger partial charge in [0.1, 0.15) is 12.1 Å². The summed E-state index contributed by atoms with van der Waals surface area (Å²) in [5, 5.41) is 19.4. The highest BCUT2D eigenvalue weighted by atomic mass is 16.6. The lowest BCUT2D eigenvalue weighted by molar-refractivity contribution is -0.139. The maximum atomic E-state index is 12.8. The van der Waals surface area contributed by atoms with E-state index in [2.05, 4.69) is 15.7 Å². The van der Waals surface area contributed by atoms with Crippen LogP contribution in [0.15, 0.2) is 84.9 Å². The molecule has 3 N–H and O–H groups in total. The molecule has 9 heteroatoms. The molecule has 200 valence electrons. The van der Waals surface area contributed by atoms with E-state index in [1.165, 1.54) is 0 Å². The number of benzene rings is 3. The number of carboxylic acids is 1. The molecule has 9 nitrogen and oxygen atoms in total. The summed E-state index contributed by atoms with van der Waals surface area (Å²) in [5.74, 6) is -1.61. The van der Waals surface area contributed by atoms with Gasteiger partial charge in [0.05, 0.1) is 17.1 Å². The molecule has 0 spiro atoms. The summed E-state index contributed by atoms with van der Waals surface area (Å²) in [4.78, 5) is 37.3. The summed E-state index contributed by atoms with van der Waals surface area (Å²) in [6, 6.07) is 24.1. The molecule has 0 radical (unpaired) electrons. The van der Waals surface area contributed by atoms with Gasteiger partial charge in [-0.15, -0.1) is 0 Å². The number of ether oxygens (including phenoxy) is 1. The van der Waals surface area contributed by atoms with E-state index in [0.717, 1.165) is 11.1 Å². The molecule has 0 bridgehead atoms. The van der Waals surface area contributed by atoms with Crippen molar-refractivity contribution in [2.75, 3.05) is 5.32 Å². The van der Waals surface area contributed by atoms with Gasteiger partial charge in [0, 0.05) is 24.6 Å². The number of aryl methyl sites for hydroxylation is 2. The Bertz CT molecular complexity index is 1450. The molecule has 0 aliphatic carbocycles. The Morgan fingerprint density at radius 2 is 1.56 bits per heavy atom. The van der Waals surface area contributed by atoms with Crippen molar-refractivity contribution >= 4 is 23.7 Å². The number of amides is 2. The highest BCUT2D eigenvalue weighted by Crippen LogP contribution is 2.31. The maximum Gasteiger partial charge on any atom is 0.412 e. The highest BCUT2D eigenvalue weighted by molar-refractivity contribution is 5.97. The van der Waals surface area contributed by atoms with Crippen LogP contribution in [0.4, 0.5) is 10.5 Å². The number of aliphatic carboxylic acids is 1. The number of nitrogens with zero attached hydrogens (tertiary/aromatic N) is 2. The second-order valence-electron chi connectivity index (χ2n) is 9.15. The van der Waals surface area contributed by atoms with Gasteiger partial charge in [-0.3, -0.25) is 14.8 Å². The van der Waals surface area contributed by atoms with E-state index in [9.17, 15) is 19.5 Å². The lowest BCUT2D eigenvalue weighted by Crippen LogP contribution is -2.42. The van der Waals surface area contributed by atoms with Crippen LogP contribution in [0.3, 0.4) is 0 Å². The first-order chi connectivity index (χ1) is 18.7. The van der Waals surface area contributed by atoms with Crippen molar-refractivity contribution in [2.45, 2.75) is 32.4 Å². The number of carbonyl (C=O) groups is 3. The second kappa shape index (κ2) is 12.1. The van der Waals surface area contributed by atoms with E-state index in [0.29, 0.717) is 28.2 Å². The zero-order chi connectivity index (χ0) is 27.9. The zero-order valence-electron chi connectivity index (χ0n) is 21.9.